The molecule has 4 aromatic rings. The molecule has 146 valence electrons. The van der Waals surface area contributed by atoms with E-state index >= 15 is 0 Å². The summed E-state index contributed by atoms with van der Waals surface area (Å²) < 4.78 is 2.03. The van der Waals surface area contributed by atoms with E-state index in [4.69, 9.17) is 0 Å². The summed E-state index contributed by atoms with van der Waals surface area (Å²) in [5.74, 6) is 1.33. The fraction of sp³-hybridized carbons (Fsp3) is 0.182. The first-order chi connectivity index (χ1) is 14.1. The van der Waals surface area contributed by atoms with Crippen molar-refractivity contribution in [1.29, 1.82) is 0 Å². The van der Waals surface area contributed by atoms with Crippen molar-refractivity contribution in [2.45, 2.75) is 24.9 Å². The second kappa shape index (κ2) is 8.45. The summed E-state index contributed by atoms with van der Waals surface area (Å²) in [6.07, 6.45) is 5.26. The number of benzene rings is 1. The molecule has 0 saturated heterocycles. The van der Waals surface area contributed by atoms with Crippen molar-refractivity contribution in [3.05, 3.63) is 78.4 Å². The smallest absolute Gasteiger partial charge is 0.196 e. The normalized spacial score (nSPS) is 11.1. The number of ketones is 1. The summed E-state index contributed by atoms with van der Waals surface area (Å²) in [6.45, 7) is 4.32. The van der Waals surface area contributed by atoms with Crippen molar-refractivity contribution < 1.29 is 4.79 Å². The van der Waals surface area contributed by atoms with E-state index in [1.807, 2.05) is 34.9 Å². The van der Waals surface area contributed by atoms with Gasteiger partial charge in [-0.3, -0.25) is 14.3 Å². The van der Waals surface area contributed by atoms with Crippen LogP contribution in [0.4, 0.5) is 0 Å². The molecule has 1 aromatic carbocycles. The number of rotatable bonds is 7. The maximum absolute atomic E-state index is 12.5. The van der Waals surface area contributed by atoms with E-state index < -0.39 is 0 Å². The fourth-order valence-electron chi connectivity index (χ4n) is 3.15. The number of hydrogen-bond acceptors (Lipinski definition) is 5. The molecule has 0 aliphatic heterocycles. The number of nitrogens with one attached hydrogen (secondary N) is 1. The lowest BCUT2D eigenvalue weighted by atomic mass is 10.0. The number of aromatic nitrogens is 5. The molecule has 0 spiro atoms. The molecule has 0 bridgehead atoms. The van der Waals surface area contributed by atoms with Gasteiger partial charge in [0.2, 0.25) is 0 Å². The van der Waals surface area contributed by atoms with E-state index in [1.54, 1.807) is 24.7 Å². The number of aromatic amines is 1. The maximum Gasteiger partial charge on any atom is 0.196 e. The molecule has 0 aliphatic rings. The van der Waals surface area contributed by atoms with E-state index in [0.29, 0.717) is 22.6 Å². The zero-order valence-electron chi connectivity index (χ0n) is 16.2. The Kier molecular flexibility index (Phi) is 5.57. The van der Waals surface area contributed by atoms with Gasteiger partial charge < -0.3 is 4.98 Å². The van der Waals surface area contributed by atoms with Crippen LogP contribution in [-0.4, -0.2) is 36.3 Å². The topological polar surface area (TPSA) is 76.5 Å². The lowest BCUT2D eigenvalue weighted by molar-refractivity contribution is 0.101. The maximum atomic E-state index is 12.5. The summed E-state index contributed by atoms with van der Waals surface area (Å²) in [4.78, 5) is 19.6. The molecule has 29 heavy (non-hydrogen) atoms. The molecule has 0 radical (unpaired) electrons. The highest BCUT2D eigenvalue weighted by Crippen LogP contribution is 2.32. The number of pyridine rings is 1. The molecule has 0 aliphatic carbocycles. The van der Waals surface area contributed by atoms with Crippen molar-refractivity contribution in [1.82, 2.24) is 24.7 Å². The predicted molar refractivity (Wildman–Crippen MR) is 115 cm³/mol. The van der Waals surface area contributed by atoms with E-state index in [2.05, 4.69) is 46.1 Å². The molecule has 0 saturated carbocycles. The van der Waals surface area contributed by atoms with E-state index in [9.17, 15) is 4.79 Å². The van der Waals surface area contributed by atoms with Crippen LogP contribution in [0.1, 0.15) is 35.8 Å². The molecule has 0 amide bonds. The van der Waals surface area contributed by atoms with Crippen LogP contribution >= 0.6 is 11.8 Å². The Morgan fingerprint density at radius 1 is 1.10 bits per heavy atom. The minimum absolute atomic E-state index is 0.0228. The molecule has 1 N–H and O–H groups in total. The van der Waals surface area contributed by atoms with Gasteiger partial charge in [-0.2, -0.15) is 0 Å². The molecule has 4 rings (SSSR count). The number of H-pyrrole nitrogens is 1. The Labute approximate surface area is 173 Å². The Morgan fingerprint density at radius 2 is 1.97 bits per heavy atom. The third-order valence-corrected chi connectivity index (χ3v) is 5.51. The van der Waals surface area contributed by atoms with Crippen molar-refractivity contribution in [3.63, 3.8) is 0 Å². The standard InChI is InChI=1S/C22H21N5OS/c1-15(2)17-8-3-4-10-19(17)27-21(16-7-5-11-23-13-16)25-26-22(27)29-14-20(28)18-9-6-12-24-18/h3-13,15,24H,14H2,1-2H3. The van der Waals surface area contributed by atoms with Gasteiger partial charge in [-0.25, -0.2) is 0 Å². The Hall–Kier alpha value is -3.19. The summed E-state index contributed by atoms with van der Waals surface area (Å²) >= 11 is 1.38. The van der Waals surface area contributed by atoms with E-state index in [-0.39, 0.29) is 11.5 Å². The highest BCUT2D eigenvalue weighted by atomic mass is 32.2. The molecular weight excluding hydrogens is 382 g/mol. The van der Waals surface area contributed by atoms with Crippen LogP contribution in [0.25, 0.3) is 17.1 Å². The molecule has 7 heteroatoms. The van der Waals surface area contributed by atoms with Gasteiger partial charge in [-0.05, 0) is 41.8 Å². The Bertz CT molecular complexity index is 1100. The monoisotopic (exact) mass is 403 g/mol. The van der Waals surface area contributed by atoms with Gasteiger partial charge in [0.05, 0.1) is 17.1 Å². The van der Waals surface area contributed by atoms with Gasteiger partial charge >= 0.3 is 0 Å². The summed E-state index contributed by atoms with van der Waals surface area (Å²) in [5.41, 5.74) is 3.68. The van der Waals surface area contributed by atoms with Crippen molar-refractivity contribution >= 4 is 17.5 Å². The van der Waals surface area contributed by atoms with Crippen LogP contribution in [0.3, 0.4) is 0 Å². The third-order valence-electron chi connectivity index (χ3n) is 4.58. The number of hydrogen-bond donors (Lipinski definition) is 1. The van der Waals surface area contributed by atoms with Gasteiger partial charge in [-0.15, -0.1) is 10.2 Å². The van der Waals surface area contributed by atoms with Crippen molar-refractivity contribution in [3.8, 4) is 17.1 Å². The lowest BCUT2D eigenvalue weighted by Gasteiger charge is -2.16. The zero-order chi connectivity index (χ0) is 20.2. The first-order valence-electron chi connectivity index (χ1n) is 9.39. The summed E-state index contributed by atoms with van der Waals surface area (Å²) in [7, 11) is 0. The summed E-state index contributed by atoms with van der Waals surface area (Å²) in [5, 5.41) is 9.52. The van der Waals surface area contributed by atoms with Gasteiger partial charge in [0.1, 0.15) is 0 Å². The van der Waals surface area contributed by atoms with E-state index in [1.165, 1.54) is 17.3 Å². The third kappa shape index (κ3) is 4.00. The molecule has 3 aromatic heterocycles. The minimum Gasteiger partial charge on any atom is -0.359 e. The highest BCUT2D eigenvalue weighted by Gasteiger charge is 2.20. The Morgan fingerprint density at radius 3 is 2.69 bits per heavy atom. The van der Waals surface area contributed by atoms with E-state index in [0.717, 1.165) is 11.3 Å². The highest BCUT2D eigenvalue weighted by molar-refractivity contribution is 7.99. The molecule has 0 fully saturated rings. The number of carbonyl (C=O) groups is 1. The molecule has 0 unspecified atom stereocenters. The van der Waals surface area contributed by atoms with Crippen LogP contribution in [0.15, 0.2) is 72.3 Å². The lowest BCUT2D eigenvalue weighted by Crippen LogP contribution is -2.07. The first kappa shape index (κ1) is 19.1. The zero-order valence-corrected chi connectivity index (χ0v) is 17.1. The number of carbonyl (C=O) groups excluding carboxylic acids is 1. The number of nitrogens with zero attached hydrogens (tertiary/aromatic N) is 4. The number of Topliss-reactive ketones (excluding diaryl/α,β-unsaturated/α-hetero) is 1. The quantitative estimate of drug-likeness (QED) is 0.356. The van der Waals surface area contributed by atoms with Crippen molar-refractivity contribution in [2.75, 3.05) is 5.75 Å². The Balaban J connectivity index is 1.77. The predicted octanol–water partition coefficient (Wildman–Crippen LogP) is 4.76. The SMILES string of the molecule is CC(C)c1ccccc1-n1c(SCC(=O)c2ccc[nH]2)nnc1-c1cccnc1. The molecule has 3 heterocycles. The average molecular weight is 404 g/mol. The molecule has 6 nitrogen and oxygen atoms in total. The van der Waals surface area contributed by atoms with Crippen LogP contribution in [0.5, 0.6) is 0 Å². The van der Waals surface area contributed by atoms with Gasteiger partial charge in [0.15, 0.2) is 16.8 Å². The van der Waals surface area contributed by atoms with Crippen LogP contribution in [0.2, 0.25) is 0 Å². The van der Waals surface area contributed by atoms with Crippen LogP contribution in [0, 0.1) is 0 Å². The second-order valence-electron chi connectivity index (χ2n) is 6.89. The first-order valence-corrected chi connectivity index (χ1v) is 10.4. The minimum atomic E-state index is 0.0228. The van der Waals surface area contributed by atoms with Crippen molar-refractivity contribution in [2.24, 2.45) is 0 Å². The number of thioether (sulfide) groups is 1. The number of para-hydroxylation sites is 1. The van der Waals surface area contributed by atoms with Gasteiger partial charge in [0, 0.05) is 24.2 Å². The van der Waals surface area contributed by atoms with Crippen LogP contribution in [-0.2, 0) is 0 Å². The van der Waals surface area contributed by atoms with Gasteiger partial charge in [0.25, 0.3) is 0 Å². The van der Waals surface area contributed by atoms with Gasteiger partial charge in [-0.1, -0.05) is 43.8 Å². The fourth-order valence-corrected chi connectivity index (χ4v) is 3.98. The average Bonchev–Trinajstić information content (AvgIpc) is 3.43. The largest absolute Gasteiger partial charge is 0.359 e. The molecule has 0 atom stereocenters. The second-order valence-corrected chi connectivity index (χ2v) is 7.83. The molecular formula is C22H21N5OS. The summed E-state index contributed by atoms with van der Waals surface area (Å²) in [6, 6.07) is 15.7. The van der Waals surface area contributed by atoms with Crippen LogP contribution < -0.4 is 0 Å².